The van der Waals surface area contributed by atoms with E-state index >= 15 is 0 Å². The molecule has 3 aromatic rings. The molecule has 0 saturated carbocycles. The minimum atomic E-state index is -0.786. The van der Waals surface area contributed by atoms with Crippen molar-refractivity contribution in [1.82, 2.24) is 0 Å². The van der Waals surface area contributed by atoms with Crippen LogP contribution in [0, 0.1) is 6.92 Å². The average molecular weight is 464 g/mol. The van der Waals surface area contributed by atoms with Gasteiger partial charge in [-0.05, 0) is 19.1 Å². The van der Waals surface area contributed by atoms with Crippen molar-refractivity contribution >= 4 is 40.4 Å². The van der Waals surface area contributed by atoms with E-state index in [0.29, 0.717) is 0 Å². The lowest BCUT2D eigenvalue weighted by molar-refractivity contribution is -0.133. The summed E-state index contributed by atoms with van der Waals surface area (Å²) in [6, 6.07) is 4.56. The Bertz CT molecular complexity index is 1520. The monoisotopic (exact) mass is 464 g/mol. The number of ketones is 2. The van der Waals surface area contributed by atoms with E-state index in [4.69, 9.17) is 18.6 Å². The van der Waals surface area contributed by atoms with Gasteiger partial charge in [-0.3, -0.25) is 28.8 Å². The lowest BCUT2D eigenvalue weighted by atomic mass is 9.82. The van der Waals surface area contributed by atoms with Crippen molar-refractivity contribution < 1.29 is 42.6 Å². The van der Waals surface area contributed by atoms with Crippen molar-refractivity contribution in [2.24, 2.45) is 0 Å². The Morgan fingerprint density at radius 2 is 1.29 bits per heavy atom. The minimum absolute atomic E-state index is 0.129. The highest BCUT2D eigenvalue weighted by Gasteiger charge is 2.38. The second-order valence-electron chi connectivity index (χ2n) is 7.51. The van der Waals surface area contributed by atoms with E-state index in [1.165, 1.54) is 6.92 Å². The van der Waals surface area contributed by atoms with Crippen LogP contribution in [0.2, 0.25) is 0 Å². The standard InChI is InChI=1S/C24H16O10/c1-9-5-16(28)21-18(34-12(4)27)8-15-20(24(21)31-9)23(30)19-14(22(15)29)6-13(32-10(2)25)7-17(19)33-11(3)26/h5-8H,1-4H3. The molecule has 1 heterocycles. The highest BCUT2D eigenvalue weighted by molar-refractivity contribution is 6.33. The van der Waals surface area contributed by atoms with Gasteiger partial charge < -0.3 is 18.6 Å². The molecule has 0 fully saturated rings. The van der Waals surface area contributed by atoms with E-state index in [-0.39, 0.29) is 56.2 Å². The first-order valence-corrected chi connectivity index (χ1v) is 9.92. The molecule has 172 valence electrons. The molecule has 1 aliphatic carbocycles. The maximum absolute atomic E-state index is 13.6. The third kappa shape index (κ3) is 3.75. The Morgan fingerprint density at radius 1 is 0.706 bits per heavy atom. The second-order valence-corrected chi connectivity index (χ2v) is 7.51. The number of carbonyl (C=O) groups excluding carboxylic acids is 5. The van der Waals surface area contributed by atoms with Crippen LogP contribution in [0.4, 0.5) is 0 Å². The summed E-state index contributed by atoms with van der Waals surface area (Å²) in [7, 11) is 0. The van der Waals surface area contributed by atoms with Gasteiger partial charge in [0.05, 0.1) is 11.1 Å². The van der Waals surface area contributed by atoms with Crippen molar-refractivity contribution in [3.63, 3.8) is 0 Å². The van der Waals surface area contributed by atoms with Crippen molar-refractivity contribution in [2.75, 3.05) is 0 Å². The first-order chi connectivity index (χ1) is 16.0. The molecular weight excluding hydrogens is 448 g/mol. The zero-order valence-electron chi connectivity index (χ0n) is 18.4. The Labute approximate surface area is 191 Å². The van der Waals surface area contributed by atoms with E-state index in [9.17, 15) is 28.8 Å². The Morgan fingerprint density at radius 3 is 1.91 bits per heavy atom. The molecule has 1 aliphatic rings. The van der Waals surface area contributed by atoms with Crippen LogP contribution < -0.4 is 19.6 Å². The van der Waals surface area contributed by atoms with Crippen LogP contribution >= 0.6 is 0 Å². The lowest BCUT2D eigenvalue weighted by Gasteiger charge is -2.22. The van der Waals surface area contributed by atoms with Crippen molar-refractivity contribution in [3.05, 3.63) is 62.5 Å². The molecule has 0 bridgehead atoms. The van der Waals surface area contributed by atoms with E-state index in [2.05, 4.69) is 0 Å². The number of hydrogen-bond acceptors (Lipinski definition) is 10. The zero-order valence-corrected chi connectivity index (χ0v) is 18.4. The summed E-state index contributed by atoms with van der Waals surface area (Å²) in [5.74, 6) is -4.30. The van der Waals surface area contributed by atoms with Gasteiger partial charge in [-0.2, -0.15) is 0 Å². The maximum Gasteiger partial charge on any atom is 0.308 e. The number of aryl methyl sites for hydroxylation is 1. The van der Waals surface area contributed by atoms with Crippen molar-refractivity contribution in [2.45, 2.75) is 27.7 Å². The smallest absolute Gasteiger partial charge is 0.308 e. The Balaban J connectivity index is 2.10. The summed E-state index contributed by atoms with van der Waals surface area (Å²) in [5.41, 5.74) is -1.78. The van der Waals surface area contributed by atoms with Gasteiger partial charge in [0.2, 0.25) is 5.78 Å². The van der Waals surface area contributed by atoms with Crippen molar-refractivity contribution in [3.8, 4) is 17.2 Å². The number of carbonyl (C=O) groups is 5. The molecule has 4 rings (SSSR count). The summed E-state index contributed by atoms with van der Waals surface area (Å²) in [4.78, 5) is 74.6. The maximum atomic E-state index is 13.6. The van der Waals surface area contributed by atoms with E-state index in [0.717, 1.165) is 45.0 Å². The van der Waals surface area contributed by atoms with E-state index < -0.39 is 34.9 Å². The predicted octanol–water partition coefficient (Wildman–Crippen LogP) is 2.65. The van der Waals surface area contributed by atoms with Crippen LogP contribution in [-0.4, -0.2) is 29.5 Å². The Kier molecular flexibility index (Phi) is 5.36. The topological polar surface area (TPSA) is 143 Å². The highest BCUT2D eigenvalue weighted by atomic mass is 16.5. The number of benzene rings is 2. The molecule has 2 aromatic carbocycles. The van der Waals surface area contributed by atoms with Crippen LogP contribution in [0.15, 0.2) is 33.5 Å². The summed E-state index contributed by atoms with van der Waals surface area (Å²) in [6.45, 7) is 4.82. The van der Waals surface area contributed by atoms with Gasteiger partial charge in [0.25, 0.3) is 0 Å². The van der Waals surface area contributed by atoms with Crippen LogP contribution in [-0.2, 0) is 14.4 Å². The van der Waals surface area contributed by atoms with Gasteiger partial charge in [-0.1, -0.05) is 0 Å². The number of rotatable bonds is 3. The number of hydrogen-bond donors (Lipinski definition) is 0. The summed E-state index contributed by atoms with van der Waals surface area (Å²) in [6.07, 6.45) is 0. The molecule has 0 saturated heterocycles. The highest BCUT2D eigenvalue weighted by Crippen LogP contribution is 2.41. The molecule has 34 heavy (non-hydrogen) atoms. The molecule has 0 unspecified atom stereocenters. The van der Waals surface area contributed by atoms with Crippen LogP contribution in [0.5, 0.6) is 17.2 Å². The third-order valence-electron chi connectivity index (χ3n) is 4.88. The first kappa shape index (κ1) is 22.6. The van der Waals surface area contributed by atoms with E-state index in [1.807, 2.05) is 0 Å². The normalized spacial score (nSPS) is 12.1. The van der Waals surface area contributed by atoms with Crippen LogP contribution in [0.25, 0.3) is 11.0 Å². The fraction of sp³-hybridized carbons (Fsp3) is 0.167. The van der Waals surface area contributed by atoms with Crippen LogP contribution in [0.3, 0.4) is 0 Å². The second kappa shape index (κ2) is 8.07. The van der Waals surface area contributed by atoms with Gasteiger partial charge >= 0.3 is 17.9 Å². The quantitative estimate of drug-likeness (QED) is 0.328. The van der Waals surface area contributed by atoms with Crippen LogP contribution in [0.1, 0.15) is 58.4 Å². The molecule has 0 N–H and O–H groups in total. The number of fused-ring (bicyclic) bond motifs is 4. The molecule has 0 amide bonds. The zero-order chi connectivity index (χ0) is 24.9. The summed E-state index contributed by atoms with van der Waals surface area (Å²) >= 11 is 0. The molecule has 10 nitrogen and oxygen atoms in total. The molecule has 0 spiro atoms. The molecule has 0 radical (unpaired) electrons. The Hall–Kier alpha value is -4.60. The molecular formula is C24H16O10. The third-order valence-corrected chi connectivity index (χ3v) is 4.88. The summed E-state index contributed by atoms with van der Waals surface area (Å²) in [5, 5.41) is -0.199. The molecule has 10 heteroatoms. The fourth-order valence-electron chi connectivity index (χ4n) is 3.79. The molecule has 0 aliphatic heterocycles. The first-order valence-electron chi connectivity index (χ1n) is 9.92. The van der Waals surface area contributed by atoms with Gasteiger partial charge in [0.15, 0.2) is 16.8 Å². The van der Waals surface area contributed by atoms with Gasteiger partial charge in [0, 0.05) is 44.0 Å². The van der Waals surface area contributed by atoms with E-state index in [1.54, 1.807) is 0 Å². The van der Waals surface area contributed by atoms with Gasteiger partial charge in [-0.15, -0.1) is 0 Å². The summed E-state index contributed by atoms with van der Waals surface area (Å²) < 4.78 is 21.0. The average Bonchev–Trinajstić information content (AvgIpc) is 2.69. The van der Waals surface area contributed by atoms with Crippen molar-refractivity contribution in [1.29, 1.82) is 0 Å². The fourth-order valence-corrected chi connectivity index (χ4v) is 3.79. The predicted molar refractivity (Wildman–Crippen MR) is 114 cm³/mol. The number of esters is 3. The van der Waals surface area contributed by atoms with Gasteiger partial charge in [0.1, 0.15) is 28.4 Å². The number of ether oxygens (including phenoxy) is 3. The molecule has 1 aromatic heterocycles. The minimum Gasteiger partial charge on any atom is -0.460 e. The SMILES string of the molecule is CC(=O)Oc1cc(OC(C)=O)c2c(c1)C(=O)c1cc(OC(C)=O)c3c(=O)cc(C)oc3c1C2=O. The molecule has 0 atom stereocenters. The van der Waals surface area contributed by atoms with Gasteiger partial charge in [-0.25, -0.2) is 0 Å². The largest absolute Gasteiger partial charge is 0.460 e. The lowest BCUT2D eigenvalue weighted by Crippen LogP contribution is -2.24.